The summed E-state index contributed by atoms with van der Waals surface area (Å²) in [6, 6.07) is 3.27. The molecule has 1 aromatic carbocycles. The van der Waals surface area contributed by atoms with Gasteiger partial charge in [0.15, 0.2) is 0 Å². The Balaban J connectivity index is 2.17. The monoisotopic (exact) mass is 337 g/mol. The second-order valence-corrected chi connectivity index (χ2v) is 6.52. The zero-order chi connectivity index (χ0) is 18.1. The van der Waals surface area contributed by atoms with E-state index in [1.807, 2.05) is 20.8 Å². The van der Waals surface area contributed by atoms with Gasteiger partial charge in [-0.15, -0.1) is 0 Å². The highest BCUT2D eigenvalue weighted by Gasteiger charge is 2.37. The zero-order valence-electron chi connectivity index (χ0n) is 13.8. The average molecular weight is 337 g/mol. The Kier molecular flexibility index (Phi) is 4.86. The van der Waals surface area contributed by atoms with E-state index >= 15 is 0 Å². The molecular formula is C16H20FN3O4. The molecule has 1 atom stereocenters. The van der Waals surface area contributed by atoms with Crippen LogP contribution in [0.3, 0.4) is 0 Å². The van der Waals surface area contributed by atoms with Crippen molar-refractivity contribution in [2.75, 3.05) is 11.4 Å². The molecule has 1 aliphatic rings. The molecule has 0 aliphatic carbocycles. The van der Waals surface area contributed by atoms with Gasteiger partial charge in [-0.2, -0.15) is 4.39 Å². The number of nitro groups is 1. The van der Waals surface area contributed by atoms with Gasteiger partial charge in [0.1, 0.15) is 0 Å². The van der Waals surface area contributed by atoms with E-state index in [2.05, 4.69) is 5.32 Å². The van der Waals surface area contributed by atoms with Crippen molar-refractivity contribution in [1.29, 1.82) is 0 Å². The number of nitrogens with zero attached hydrogens (tertiary/aromatic N) is 2. The van der Waals surface area contributed by atoms with Crippen LogP contribution in [0.4, 0.5) is 15.8 Å². The third kappa shape index (κ3) is 3.69. The largest absolute Gasteiger partial charge is 0.351 e. The lowest BCUT2D eigenvalue weighted by Crippen LogP contribution is -2.46. The number of hydrogen-bond donors (Lipinski definition) is 1. The number of benzene rings is 1. The van der Waals surface area contributed by atoms with Crippen molar-refractivity contribution in [3.8, 4) is 0 Å². The molecule has 0 bridgehead atoms. The molecule has 0 aromatic heterocycles. The summed E-state index contributed by atoms with van der Waals surface area (Å²) in [7, 11) is 0. The Morgan fingerprint density at radius 1 is 1.50 bits per heavy atom. The molecule has 2 amide bonds. The molecule has 1 saturated heterocycles. The molecule has 1 aromatic rings. The van der Waals surface area contributed by atoms with Crippen LogP contribution in [0.15, 0.2) is 18.2 Å². The van der Waals surface area contributed by atoms with Crippen molar-refractivity contribution in [3.63, 3.8) is 0 Å². The minimum absolute atomic E-state index is 0.0246. The van der Waals surface area contributed by atoms with Crippen molar-refractivity contribution in [2.24, 2.45) is 5.92 Å². The summed E-state index contributed by atoms with van der Waals surface area (Å²) < 4.78 is 13.4. The second-order valence-electron chi connectivity index (χ2n) is 6.52. The fraction of sp³-hybridized carbons (Fsp3) is 0.500. The number of carbonyl (C=O) groups is 2. The number of hydrogen-bond acceptors (Lipinski definition) is 4. The van der Waals surface area contributed by atoms with Gasteiger partial charge in [-0.3, -0.25) is 19.7 Å². The first-order valence-electron chi connectivity index (χ1n) is 7.71. The van der Waals surface area contributed by atoms with Crippen LogP contribution in [0.5, 0.6) is 0 Å². The lowest BCUT2D eigenvalue weighted by atomic mass is 9.99. The lowest BCUT2D eigenvalue weighted by Gasteiger charge is -2.26. The Morgan fingerprint density at radius 2 is 2.17 bits per heavy atom. The van der Waals surface area contributed by atoms with Gasteiger partial charge in [-0.05, 0) is 32.4 Å². The molecule has 8 heteroatoms. The summed E-state index contributed by atoms with van der Waals surface area (Å²) in [4.78, 5) is 35.8. The van der Waals surface area contributed by atoms with Gasteiger partial charge < -0.3 is 10.2 Å². The first-order valence-corrected chi connectivity index (χ1v) is 7.71. The predicted molar refractivity (Wildman–Crippen MR) is 86.0 cm³/mol. The Hall–Kier alpha value is -2.51. The SMILES string of the molecule is CCC(C)(C)NC(=O)[C@@H]1CC(=O)N(c2ccc(F)c([N+](=O)[O-])c2)C1. The summed E-state index contributed by atoms with van der Waals surface area (Å²) in [5.74, 6) is -2.04. The summed E-state index contributed by atoms with van der Waals surface area (Å²) in [5, 5.41) is 13.7. The topological polar surface area (TPSA) is 92.6 Å². The molecule has 1 fully saturated rings. The molecule has 7 nitrogen and oxygen atoms in total. The third-order valence-electron chi connectivity index (χ3n) is 4.28. The van der Waals surface area contributed by atoms with Crippen LogP contribution >= 0.6 is 0 Å². The number of rotatable bonds is 5. The Bertz CT molecular complexity index is 690. The van der Waals surface area contributed by atoms with Gasteiger partial charge in [0, 0.05) is 24.6 Å². The number of nitro benzene ring substituents is 1. The molecule has 0 spiro atoms. The highest BCUT2D eigenvalue weighted by atomic mass is 19.1. The number of nitrogens with one attached hydrogen (secondary N) is 1. The summed E-state index contributed by atoms with van der Waals surface area (Å²) >= 11 is 0. The van der Waals surface area contributed by atoms with E-state index in [1.54, 1.807) is 0 Å². The predicted octanol–water partition coefficient (Wildman–Crippen LogP) is 2.39. The number of anilines is 1. The van der Waals surface area contributed by atoms with Crippen LogP contribution in [0.2, 0.25) is 0 Å². The lowest BCUT2D eigenvalue weighted by molar-refractivity contribution is -0.387. The first kappa shape index (κ1) is 17.8. The highest BCUT2D eigenvalue weighted by Crippen LogP contribution is 2.30. The maximum atomic E-state index is 13.4. The van der Waals surface area contributed by atoms with Gasteiger partial charge in [0.25, 0.3) is 0 Å². The number of carbonyl (C=O) groups excluding carboxylic acids is 2. The molecule has 0 saturated carbocycles. The van der Waals surface area contributed by atoms with E-state index in [9.17, 15) is 24.1 Å². The van der Waals surface area contributed by atoms with Gasteiger partial charge in [-0.1, -0.05) is 6.92 Å². The van der Waals surface area contributed by atoms with Gasteiger partial charge >= 0.3 is 5.69 Å². The average Bonchev–Trinajstić information content (AvgIpc) is 2.89. The number of amides is 2. The second kappa shape index (κ2) is 6.54. The maximum Gasteiger partial charge on any atom is 0.306 e. The Morgan fingerprint density at radius 3 is 2.75 bits per heavy atom. The molecule has 130 valence electrons. The molecule has 24 heavy (non-hydrogen) atoms. The van der Waals surface area contributed by atoms with Gasteiger partial charge in [0.2, 0.25) is 17.6 Å². The quantitative estimate of drug-likeness (QED) is 0.659. The Labute approximate surface area is 139 Å². The standard InChI is InChI=1S/C16H20FN3O4/c1-4-16(2,3)18-15(22)10-7-14(21)19(9-10)11-5-6-12(17)13(8-11)20(23)24/h5-6,8,10H,4,7,9H2,1-3H3,(H,18,22)/t10-/m1/s1. The van der Waals surface area contributed by atoms with Crippen molar-refractivity contribution < 1.29 is 18.9 Å². The molecule has 2 rings (SSSR count). The van der Waals surface area contributed by atoms with E-state index in [0.29, 0.717) is 0 Å². The van der Waals surface area contributed by atoms with Crippen molar-refractivity contribution >= 4 is 23.2 Å². The summed E-state index contributed by atoms with van der Waals surface area (Å²) in [6.07, 6.45) is 0.768. The van der Waals surface area contributed by atoms with Crippen LogP contribution in [-0.2, 0) is 9.59 Å². The summed E-state index contributed by atoms with van der Waals surface area (Å²) in [6.45, 7) is 5.85. The fourth-order valence-corrected chi connectivity index (χ4v) is 2.47. The van der Waals surface area contributed by atoms with E-state index in [-0.39, 0.29) is 36.0 Å². The molecule has 0 unspecified atom stereocenters. The molecule has 1 N–H and O–H groups in total. The smallest absolute Gasteiger partial charge is 0.306 e. The minimum Gasteiger partial charge on any atom is -0.351 e. The fourth-order valence-electron chi connectivity index (χ4n) is 2.47. The molecular weight excluding hydrogens is 317 g/mol. The maximum absolute atomic E-state index is 13.4. The molecule has 1 heterocycles. The van der Waals surface area contributed by atoms with Crippen molar-refractivity contribution in [1.82, 2.24) is 5.32 Å². The molecule has 0 radical (unpaired) electrons. The van der Waals surface area contributed by atoms with E-state index in [1.165, 1.54) is 11.0 Å². The van der Waals surface area contributed by atoms with Gasteiger partial charge in [0.05, 0.1) is 16.5 Å². The molecule has 1 aliphatic heterocycles. The van der Waals surface area contributed by atoms with E-state index < -0.39 is 22.3 Å². The highest BCUT2D eigenvalue weighted by molar-refractivity contribution is 6.00. The van der Waals surface area contributed by atoms with E-state index in [4.69, 9.17) is 0 Å². The normalized spacial score (nSPS) is 17.9. The van der Waals surface area contributed by atoms with Gasteiger partial charge in [-0.25, -0.2) is 0 Å². The van der Waals surface area contributed by atoms with Crippen molar-refractivity contribution in [2.45, 2.75) is 39.2 Å². The van der Waals surface area contributed by atoms with E-state index in [0.717, 1.165) is 18.6 Å². The van der Waals surface area contributed by atoms with Crippen LogP contribution in [-0.4, -0.2) is 28.8 Å². The summed E-state index contributed by atoms with van der Waals surface area (Å²) in [5.41, 5.74) is -0.846. The van der Waals surface area contributed by atoms with Crippen molar-refractivity contribution in [3.05, 3.63) is 34.1 Å². The number of halogens is 1. The zero-order valence-corrected chi connectivity index (χ0v) is 13.8. The third-order valence-corrected chi connectivity index (χ3v) is 4.28. The van der Waals surface area contributed by atoms with Crippen LogP contribution in [0, 0.1) is 21.8 Å². The van der Waals surface area contributed by atoms with Crippen LogP contribution in [0.1, 0.15) is 33.6 Å². The minimum atomic E-state index is -0.964. The van der Waals surface area contributed by atoms with Crippen LogP contribution < -0.4 is 10.2 Å². The van der Waals surface area contributed by atoms with Crippen LogP contribution in [0.25, 0.3) is 0 Å². The first-order chi connectivity index (χ1) is 11.1.